The van der Waals surface area contributed by atoms with E-state index in [2.05, 4.69) is 4.98 Å². The molecule has 1 amide bonds. The summed E-state index contributed by atoms with van der Waals surface area (Å²) >= 11 is 0. The van der Waals surface area contributed by atoms with E-state index in [4.69, 9.17) is 10.5 Å². The predicted molar refractivity (Wildman–Crippen MR) is 93.9 cm³/mol. The van der Waals surface area contributed by atoms with Crippen LogP contribution in [-0.2, 0) is 11.2 Å². The van der Waals surface area contributed by atoms with Crippen LogP contribution in [0.3, 0.4) is 0 Å². The third kappa shape index (κ3) is 4.25. The average Bonchev–Trinajstić information content (AvgIpc) is 2.45. The minimum Gasteiger partial charge on any atom is -0.441 e. The Morgan fingerprint density at radius 2 is 1.88 bits per heavy atom. The number of hydrogen-bond acceptors (Lipinski definition) is 3. The van der Waals surface area contributed by atoms with Crippen LogP contribution in [0.4, 0.5) is 4.79 Å². The number of rotatable bonds is 4. The molecule has 5 heteroatoms. The molecule has 0 aliphatic heterocycles. The van der Waals surface area contributed by atoms with Gasteiger partial charge in [0.05, 0.1) is 5.56 Å². The predicted octanol–water partition coefficient (Wildman–Crippen LogP) is 3.46. The monoisotopic (exact) mass is 328 g/mol. The molecule has 0 fully saturated rings. The molecular formula is C19H24N2O3. The third-order valence-electron chi connectivity index (χ3n) is 3.85. The van der Waals surface area contributed by atoms with E-state index < -0.39 is 17.6 Å². The number of hydrogen-bond donors (Lipinski definition) is 2. The zero-order valence-electron chi connectivity index (χ0n) is 14.6. The number of carbonyl (C=O) groups is 1. The summed E-state index contributed by atoms with van der Waals surface area (Å²) in [6, 6.07) is 11.8. The van der Waals surface area contributed by atoms with Crippen LogP contribution >= 0.6 is 0 Å². The number of amides is 1. The number of nitrogens with one attached hydrogen (secondary N) is 1. The lowest BCUT2D eigenvalue weighted by Gasteiger charge is -2.30. The van der Waals surface area contributed by atoms with Gasteiger partial charge in [-0.2, -0.15) is 0 Å². The van der Waals surface area contributed by atoms with Gasteiger partial charge in [0.1, 0.15) is 6.10 Å². The van der Waals surface area contributed by atoms with Crippen molar-refractivity contribution in [2.75, 3.05) is 0 Å². The van der Waals surface area contributed by atoms with Crippen molar-refractivity contribution < 1.29 is 9.53 Å². The smallest absolute Gasteiger partial charge is 0.405 e. The van der Waals surface area contributed by atoms with Crippen LogP contribution < -0.4 is 11.3 Å². The van der Waals surface area contributed by atoms with Crippen LogP contribution in [0.1, 0.15) is 49.3 Å². The van der Waals surface area contributed by atoms with Crippen LogP contribution in [0.5, 0.6) is 0 Å². The highest BCUT2D eigenvalue weighted by molar-refractivity contribution is 5.65. The van der Waals surface area contributed by atoms with Crippen LogP contribution in [-0.4, -0.2) is 11.1 Å². The fraction of sp³-hybridized carbons (Fsp3) is 0.368. The van der Waals surface area contributed by atoms with E-state index in [0.29, 0.717) is 12.0 Å². The lowest BCUT2D eigenvalue weighted by molar-refractivity contribution is 0.0346. The molecule has 1 unspecified atom stereocenters. The van der Waals surface area contributed by atoms with Crippen molar-refractivity contribution in [3.8, 4) is 0 Å². The maximum atomic E-state index is 12.6. The Morgan fingerprint density at radius 1 is 1.25 bits per heavy atom. The highest BCUT2D eigenvalue weighted by Crippen LogP contribution is 2.35. The van der Waals surface area contributed by atoms with Crippen LogP contribution in [0.15, 0.2) is 41.2 Å². The Balaban J connectivity index is 2.42. The Kier molecular flexibility index (Phi) is 5.12. The highest BCUT2D eigenvalue weighted by atomic mass is 16.6. The van der Waals surface area contributed by atoms with Gasteiger partial charge < -0.3 is 15.5 Å². The summed E-state index contributed by atoms with van der Waals surface area (Å²) in [6.45, 7) is 7.55. The molecule has 0 saturated carbocycles. The molecule has 24 heavy (non-hydrogen) atoms. The summed E-state index contributed by atoms with van der Waals surface area (Å²) in [7, 11) is 0. The number of aromatic nitrogens is 1. The van der Waals surface area contributed by atoms with Crippen LogP contribution in [0, 0.1) is 12.3 Å². The lowest BCUT2D eigenvalue weighted by atomic mass is 9.83. The number of H-pyrrole nitrogens is 1. The largest absolute Gasteiger partial charge is 0.441 e. The molecule has 2 aromatic rings. The number of nitrogens with two attached hydrogens (primary N) is 1. The molecule has 3 N–H and O–H groups in total. The molecule has 2 rings (SSSR count). The summed E-state index contributed by atoms with van der Waals surface area (Å²) in [6.07, 6.45) is -0.958. The van der Waals surface area contributed by atoms with Crippen molar-refractivity contribution in [3.63, 3.8) is 0 Å². The first kappa shape index (κ1) is 17.8. The van der Waals surface area contributed by atoms with Gasteiger partial charge in [0, 0.05) is 17.5 Å². The Bertz CT molecular complexity index is 773. The van der Waals surface area contributed by atoms with Gasteiger partial charge in [0.15, 0.2) is 0 Å². The summed E-state index contributed by atoms with van der Waals surface area (Å²) in [5.41, 5.74) is 7.64. The molecule has 0 bridgehead atoms. The minimum atomic E-state index is -0.887. The molecule has 1 atom stereocenters. The maximum absolute atomic E-state index is 12.6. The Morgan fingerprint density at radius 3 is 2.38 bits per heavy atom. The number of aromatic amines is 1. The van der Waals surface area contributed by atoms with E-state index >= 15 is 0 Å². The van der Waals surface area contributed by atoms with E-state index in [9.17, 15) is 9.59 Å². The zero-order valence-corrected chi connectivity index (χ0v) is 14.6. The Hall–Kier alpha value is -2.56. The number of primary amides is 1. The molecule has 0 aliphatic rings. The van der Waals surface area contributed by atoms with Crippen LogP contribution in [0.25, 0.3) is 0 Å². The first-order valence-electron chi connectivity index (χ1n) is 7.91. The molecule has 1 heterocycles. The molecule has 0 spiro atoms. The van der Waals surface area contributed by atoms with Crippen LogP contribution in [0.2, 0.25) is 0 Å². The minimum absolute atomic E-state index is 0.248. The fourth-order valence-corrected chi connectivity index (χ4v) is 2.79. The molecule has 1 aromatic heterocycles. The third-order valence-corrected chi connectivity index (χ3v) is 3.85. The highest BCUT2D eigenvalue weighted by Gasteiger charge is 2.33. The molecule has 128 valence electrons. The zero-order chi connectivity index (χ0) is 17.9. The maximum Gasteiger partial charge on any atom is 0.405 e. The van der Waals surface area contributed by atoms with Crippen molar-refractivity contribution in [3.05, 3.63) is 69.1 Å². The van der Waals surface area contributed by atoms with Crippen molar-refractivity contribution in [2.45, 2.75) is 40.2 Å². The van der Waals surface area contributed by atoms with Gasteiger partial charge in [-0.1, -0.05) is 51.1 Å². The second-order valence-electron chi connectivity index (χ2n) is 7.07. The second kappa shape index (κ2) is 6.91. The summed E-state index contributed by atoms with van der Waals surface area (Å²) in [5.74, 6) is 0. The van der Waals surface area contributed by atoms with Gasteiger partial charge in [-0.25, -0.2) is 4.79 Å². The lowest BCUT2D eigenvalue weighted by Crippen LogP contribution is -2.32. The molecule has 0 radical (unpaired) electrons. The molecule has 1 aromatic carbocycles. The van der Waals surface area contributed by atoms with Gasteiger partial charge in [-0.3, -0.25) is 4.79 Å². The number of carbonyl (C=O) groups excluding carboxylic acids is 1. The quantitative estimate of drug-likeness (QED) is 0.901. The molecular weight excluding hydrogens is 304 g/mol. The Labute approximate surface area is 141 Å². The van der Waals surface area contributed by atoms with Crippen molar-refractivity contribution in [1.29, 1.82) is 0 Å². The number of pyridine rings is 1. The fourth-order valence-electron chi connectivity index (χ4n) is 2.79. The van der Waals surface area contributed by atoms with E-state index in [1.165, 1.54) is 0 Å². The SMILES string of the molecule is Cc1cc(Cc2ccccc2)[nH]c(=O)c1C(OC(N)=O)C(C)(C)C. The van der Waals surface area contributed by atoms with E-state index in [1.54, 1.807) is 0 Å². The van der Waals surface area contributed by atoms with Crippen molar-refractivity contribution >= 4 is 6.09 Å². The summed E-state index contributed by atoms with van der Waals surface area (Å²) < 4.78 is 5.24. The van der Waals surface area contributed by atoms with E-state index in [-0.39, 0.29) is 5.56 Å². The van der Waals surface area contributed by atoms with Gasteiger partial charge in [0.2, 0.25) is 0 Å². The second-order valence-corrected chi connectivity index (χ2v) is 7.07. The van der Waals surface area contributed by atoms with E-state index in [0.717, 1.165) is 16.8 Å². The standard InChI is InChI=1S/C19H24N2O3/c1-12-10-14(11-13-8-6-5-7-9-13)21-17(22)15(12)16(19(2,3)4)24-18(20)23/h5-10,16H,11H2,1-4H3,(H2,20,23)(H,21,22). The molecule has 0 aliphatic carbocycles. The summed E-state index contributed by atoms with van der Waals surface area (Å²) in [5, 5.41) is 0. The number of benzene rings is 1. The molecule has 0 saturated heterocycles. The van der Waals surface area contributed by atoms with Crippen molar-refractivity contribution in [2.24, 2.45) is 11.1 Å². The first-order valence-corrected chi connectivity index (χ1v) is 7.91. The van der Waals surface area contributed by atoms with Crippen molar-refractivity contribution in [1.82, 2.24) is 4.98 Å². The molecule has 5 nitrogen and oxygen atoms in total. The van der Waals surface area contributed by atoms with Gasteiger partial charge in [-0.15, -0.1) is 0 Å². The van der Waals surface area contributed by atoms with Gasteiger partial charge >= 0.3 is 6.09 Å². The first-order chi connectivity index (χ1) is 11.2. The summed E-state index contributed by atoms with van der Waals surface area (Å²) in [4.78, 5) is 26.8. The number of ether oxygens (including phenoxy) is 1. The number of aryl methyl sites for hydroxylation is 1. The normalized spacial score (nSPS) is 12.7. The topological polar surface area (TPSA) is 85.2 Å². The van der Waals surface area contributed by atoms with Gasteiger partial charge in [-0.05, 0) is 24.1 Å². The average molecular weight is 328 g/mol. The van der Waals surface area contributed by atoms with E-state index in [1.807, 2.05) is 64.1 Å². The van der Waals surface area contributed by atoms with Gasteiger partial charge in [0.25, 0.3) is 5.56 Å².